The Labute approximate surface area is 105 Å². The van der Waals surface area contributed by atoms with Crippen molar-refractivity contribution in [3.63, 3.8) is 0 Å². The first-order valence-electron chi connectivity index (χ1n) is 5.79. The molecule has 0 spiro atoms. The minimum absolute atomic E-state index is 0.0368. The van der Waals surface area contributed by atoms with Gasteiger partial charge in [0, 0.05) is 25.5 Å². The van der Waals surface area contributed by atoms with E-state index >= 15 is 0 Å². The molecule has 2 rings (SSSR count). The molecule has 1 aromatic carbocycles. The third-order valence-corrected chi connectivity index (χ3v) is 2.59. The van der Waals surface area contributed by atoms with Gasteiger partial charge in [0.25, 0.3) is 0 Å². The molecule has 0 bridgehead atoms. The fourth-order valence-electron chi connectivity index (χ4n) is 1.60. The third kappa shape index (κ3) is 2.94. The van der Waals surface area contributed by atoms with Crippen LogP contribution in [-0.2, 0) is 11.2 Å². The lowest BCUT2D eigenvalue weighted by molar-refractivity contribution is -0.120. The summed E-state index contributed by atoms with van der Waals surface area (Å²) in [6.45, 7) is 2.01. The number of rotatable bonds is 4. The van der Waals surface area contributed by atoms with Crippen LogP contribution in [-0.4, -0.2) is 23.1 Å². The van der Waals surface area contributed by atoms with Crippen LogP contribution in [0.4, 0.5) is 0 Å². The van der Waals surface area contributed by atoms with Crippen molar-refractivity contribution in [2.45, 2.75) is 19.8 Å². The summed E-state index contributed by atoms with van der Waals surface area (Å²) in [7, 11) is 1.61. The minimum atomic E-state index is -0.0368. The number of amides is 1. The van der Waals surface area contributed by atoms with Crippen LogP contribution in [0.15, 0.2) is 28.8 Å². The fourth-order valence-corrected chi connectivity index (χ4v) is 1.60. The molecule has 0 aliphatic carbocycles. The smallest absolute Gasteiger partial charge is 0.227 e. The van der Waals surface area contributed by atoms with Gasteiger partial charge in [-0.25, -0.2) is 0 Å². The quantitative estimate of drug-likeness (QED) is 0.890. The summed E-state index contributed by atoms with van der Waals surface area (Å²) < 4.78 is 5.11. The number of hydrogen-bond donors (Lipinski definition) is 1. The highest BCUT2D eigenvalue weighted by molar-refractivity contribution is 5.75. The SMILES string of the molecule is CNC(=O)CCc1nc(-c2cccc(C)c2)no1. The molecule has 0 fully saturated rings. The molecule has 1 heterocycles. The first kappa shape index (κ1) is 12.3. The van der Waals surface area contributed by atoms with Gasteiger partial charge in [-0.1, -0.05) is 28.9 Å². The number of benzene rings is 1. The Bertz CT molecular complexity index is 549. The maximum atomic E-state index is 11.1. The van der Waals surface area contributed by atoms with Crippen LogP contribution in [0.5, 0.6) is 0 Å². The van der Waals surface area contributed by atoms with Gasteiger partial charge >= 0.3 is 0 Å². The van der Waals surface area contributed by atoms with Gasteiger partial charge < -0.3 is 9.84 Å². The Morgan fingerprint density at radius 2 is 2.28 bits per heavy atom. The van der Waals surface area contributed by atoms with Crippen LogP contribution in [0.25, 0.3) is 11.4 Å². The standard InChI is InChI=1S/C13H15N3O2/c1-9-4-3-5-10(8-9)13-15-12(18-16-13)7-6-11(17)14-2/h3-5,8H,6-7H2,1-2H3,(H,14,17). The first-order valence-corrected chi connectivity index (χ1v) is 5.79. The van der Waals surface area contributed by atoms with Crippen LogP contribution in [0.3, 0.4) is 0 Å². The Morgan fingerprint density at radius 3 is 3.00 bits per heavy atom. The number of aryl methyl sites for hydroxylation is 2. The molecule has 94 valence electrons. The van der Waals surface area contributed by atoms with E-state index in [1.165, 1.54) is 0 Å². The minimum Gasteiger partial charge on any atom is -0.359 e. The maximum Gasteiger partial charge on any atom is 0.227 e. The van der Waals surface area contributed by atoms with Crippen LogP contribution in [0.2, 0.25) is 0 Å². The number of nitrogens with zero attached hydrogens (tertiary/aromatic N) is 2. The summed E-state index contributed by atoms with van der Waals surface area (Å²) in [5.74, 6) is 1.01. The molecular formula is C13H15N3O2. The summed E-state index contributed by atoms with van der Waals surface area (Å²) in [5, 5.41) is 6.47. The average Bonchev–Trinajstić information content (AvgIpc) is 2.84. The zero-order chi connectivity index (χ0) is 13.0. The van der Waals surface area contributed by atoms with Gasteiger partial charge in [-0.05, 0) is 13.0 Å². The van der Waals surface area contributed by atoms with Crippen molar-refractivity contribution in [1.82, 2.24) is 15.5 Å². The monoisotopic (exact) mass is 245 g/mol. The molecule has 2 aromatic rings. The zero-order valence-electron chi connectivity index (χ0n) is 10.4. The molecule has 5 nitrogen and oxygen atoms in total. The van der Waals surface area contributed by atoms with Gasteiger partial charge in [0.15, 0.2) is 0 Å². The lowest BCUT2D eigenvalue weighted by atomic mass is 10.1. The fraction of sp³-hybridized carbons (Fsp3) is 0.308. The summed E-state index contributed by atoms with van der Waals surface area (Å²) in [6.07, 6.45) is 0.810. The van der Waals surface area contributed by atoms with Gasteiger partial charge in [0.2, 0.25) is 17.6 Å². The normalized spacial score (nSPS) is 10.3. The zero-order valence-corrected chi connectivity index (χ0v) is 10.4. The van der Waals surface area contributed by atoms with E-state index in [0.717, 1.165) is 11.1 Å². The second-order valence-corrected chi connectivity index (χ2v) is 4.05. The Kier molecular flexibility index (Phi) is 3.72. The van der Waals surface area contributed by atoms with Gasteiger partial charge in [-0.3, -0.25) is 4.79 Å². The second kappa shape index (κ2) is 5.44. The highest BCUT2D eigenvalue weighted by Crippen LogP contribution is 2.17. The average molecular weight is 245 g/mol. The molecule has 5 heteroatoms. The molecular weight excluding hydrogens is 230 g/mol. The Balaban J connectivity index is 2.08. The Morgan fingerprint density at radius 1 is 1.44 bits per heavy atom. The lowest BCUT2D eigenvalue weighted by Gasteiger charge is -1.95. The molecule has 0 saturated carbocycles. The van der Waals surface area contributed by atoms with Crippen molar-refractivity contribution in [3.05, 3.63) is 35.7 Å². The number of aromatic nitrogens is 2. The van der Waals surface area contributed by atoms with E-state index in [2.05, 4.69) is 15.5 Å². The van der Waals surface area contributed by atoms with Crippen LogP contribution in [0, 0.1) is 6.92 Å². The molecule has 0 aliphatic heterocycles. The van der Waals surface area contributed by atoms with E-state index in [-0.39, 0.29) is 5.91 Å². The van der Waals surface area contributed by atoms with Gasteiger partial charge in [0.1, 0.15) is 0 Å². The maximum absolute atomic E-state index is 11.1. The second-order valence-electron chi connectivity index (χ2n) is 4.05. The van der Waals surface area contributed by atoms with E-state index in [1.54, 1.807) is 7.05 Å². The number of hydrogen-bond acceptors (Lipinski definition) is 4. The van der Waals surface area contributed by atoms with Crippen molar-refractivity contribution in [3.8, 4) is 11.4 Å². The van der Waals surface area contributed by atoms with Crippen LogP contribution >= 0.6 is 0 Å². The molecule has 0 atom stereocenters. The van der Waals surface area contributed by atoms with Crippen molar-refractivity contribution in [1.29, 1.82) is 0 Å². The molecule has 0 saturated heterocycles. The topological polar surface area (TPSA) is 68.0 Å². The molecule has 1 amide bonds. The van der Waals surface area contributed by atoms with Crippen molar-refractivity contribution < 1.29 is 9.32 Å². The van der Waals surface area contributed by atoms with Gasteiger partial charge in [-0.2, -0.15) is 4.98 Å². The largest absolute Gasteiger partial charge is 0.359 e. The van der Waals surface area contributed by atoms with E-state index in [4.69, 9.17) is 4.52 Å². The van der Waals surface area contributed by atoms with E-state index < -0.39 is 0 Å². The number of nitrogens with one attached hydrogen (secondary N) is 1. The summed E-state index contributed by atoms with van der Waals surface area (Å²) in [5.41, 5.74) is 2.06. The van der Waals surface area contributed by atoms with E-state index in [1.807, 2.05) is 31.2 Å². The van der Waals surface area contributed by atoms with E-state index in [0.29, 0.717) is 24.6 Å². The highest BCUT2D eigenvalue weighted by Gasteiger charge is 2.09. The molecule has 1 aromatic heterocycles. The van der Waals surface area contributed by atoms with Gasteiger partial charge in [0.05, 0.1) is 0 Å². The van der Waals surface area contributed by atoms with Crippen molar-refractivity contribution in [2.75, 3.05) is 7.05 Å². The van der Waals surface area contributed by atoms with Crippen LogP contribution < -0.4 is 5.32 Å². The molecule has 0 radical (unpaired) electrons. The molecule has 1 N–H and O–H groups in total. The first-order chi connectivity index (χ1) is 8.69. The van der Waals surface area contributed by atoms with Crippen molar-refractivity contribution in [2.24, 2.45) is 0 Å². The molecule has 0 unspecified atom stereocenters. The van der Waals surface area contributed by atoms with Crippen molar-refractivity contribution >= 4 is 5.91 Å². The van der Waals surface area contributed by atoms with Crippen LogP contribution in [0.1, 0.15) is 17.9 Å². The van der Waals surface area contributed by atoms with Gasteiger partial charge in [-0.15, -0.1) is 0 Å². The molecule has 0 aliphatic rings. The lowest BCUT2D eigenvalue weighted by Crippen LogP contribution is -2.17. The Hall–Kier alpha value is -2.17. The van der Waals surface area contributed by atoms with E-state index in [9.17, 15) is 4.79 Å². The predicted octanol–water partition coefficient (Wildman–Crippen LogP) is 1.72. The number of carbonyl (C=O) groups excluding carboxylic acids is 1. The summed E-state index contributed by atoms with van der Waals surface area (Å²) >= 11 is 0. The summed E-state index contributed by atoms with van der Waals surface area (Å²) in [4.78, 5) is 15.4. The predicted molar refractivity (Wildman–Crippen MR) is 66.9 cm³/mol. The highest BCUT2D eigenvalue weighted by atomic mass is 16.5. The molecule has 18 heavy (non-hydrogen) atoms. The third-order valence-electron chi connectivity index (χ3n) is 2.59. The number of carbonyl (C=O) groups is 1. The summed E-state index contributed by atoms with van der Waals surface area (Å²) in [6, 6.07) is 7.88.